The molecule has 1 atom stereocenters. The van der Waals surface area contributed by atoms with Gasteiger partial charge in [0.15, 0.2) is 0 Å². The summed E-state index contributed by atoms with van der Waals surface area (Å²) in [6, 6.07) is 4.95. The van der Waals surface area contributed by atoms with Crippen LogP contribution in [0.1, 0.15) is 36.2 Å². The van der Waals surface area contributed by atoms with Crippen molar-refractivity contribution in [3.05, 3.63) is 47.0 Å². The van der Waals surface area contributed by atoms with Crippen LogP contribution in [0.2, 0.25) is 0 Å². The molecule has 0 saturated heterocycles. The molecule has 0 fully saturated rings. The molecule has 1 unspecified atom stereocenters. The third kappa shape index (κ3) is 3.61. The van der Waals surface area contributed by atoms with Crippen molar-refractivity contribution in [2.75, 3.05) is 6.54 Å². The topological polar surface area (TPSA) is 53.6 Å². The molecule has 0 amide bonds. The number of aromatic nitrogens is 3. The van der Waals surface area contributed by atoms with E-state index in [9.17, 15) is 4.39 Å². The summed E-state index contributed by atoms with van der Waals surface area (Å²) >= 11 is 0. The van der Waals surface area contributed by atoms with E-state index in [1.54, 1.807) is 12.3 Å². The second kappa shape index (κ2) is 6.43. The summed E-state index contributed by atoms with van der Waals surface area (Å²) in [6.07, 6.45) is 3.45. The number of hydrogen-bond donors (Lipinski definition) is 2. The standard InChI is InChI=1S/C14H19FN4/c1-3-6-16-13(14-9-17-19-18-14)8-11-7-12(15)5-4-10(11)2/h4-5,7,9,13,16H,3,6,8H2,1-2H3,(H,17,18,19). The Bertz CT molecular complexity index is 510. The molecule has 102 valence electrons. The third-order valence-corrected chi connectivity index (χ3v) is 3.17. The number of H-pyrrole nitrogens is 1. The smallest absolute Gasteiger partial charge is 0.123 e. The van der Waals surface area contributed by atoms with Crippen LogP contribution in [0.15, 0.2) is 24.4 Å². The highest BCUT2D eigenvalue weighted by molar-refractivity contribution is 5.28. The largest absolute Gasteiger partial charge is 0.308 e. The van der Waals surface area contributed by atoms with Gasteiger partial charge in [-0.15, -0.1) is 0 Å². The number of nitrogens with one attached hydrogen (secondary N) is 2. The van der Waals surface area contributed by atoms with Crippen molar-refractivity contribution in [2.24, 2.45) is 0 Å². The van der Waals surface area contributed by atoms with Gasteiger partial charge in [0.05, 0.1) is 17.9 Å². The van der Waals surface area contributed by atoms with Gasteiger partial charge in [-0.25, -0.2) is 4.39 Å². The van der Waals surface area contributed by atoms with E-state index in [1.807, 2.05) is 13.0 Å². The molecular weight excluding hydrogens is 243 g/mol. The summed E-state index contributed by atoms with van der Waals surface area (Å²) in [6.45, 7) is 5.00. The van der Waals surface area contributed by atoms with Crippen LogP contribution in [0.25, 0.3) is 0 Å². The summed E-state index contributed by atoms with van der Waals surface area (Å²) in [7, 11) is 0. The number of halogens is 1. The first-order valence-electron chi connectivity index (χ1n) is 6.54. The van der Waals surface area contributed by atoms with Gasteiger partial charge >= 0.3 is 0 Å². The molecule has 0 bridgehead atoms. The quantitative estimate of drug-likeness (QED) is 0.841. The lowest BCUT2D eigenvalue weighted by Gasteiger charge is -2.17. The highest BCUT2D eigenvalue weighted by atomic mass is 19.1. The zero-order valence-corrected chi connectivity index (χ0v) is 11.3. The Morgan fingerprint density at radius 3 is 2.95 bits per heavy atom. The molecule has 2 aromatic rings. The van der Waals surface area contributed by atoms with Crippen molar-refractivity contribution in [2.45, 2.75) is 32.7 Å². The number of rotatable bonds is 6. The molecule has 19 heavy (non-hydrogen) atoms. The fourth-order valence-corrected chi connectivity index (χ4v) is 2.06. The van der Waals surface area contributed by atoms with Gasteiger partial charge in [-0.3, -0.25) is 0 Å². The van der Waals surface area contributed by atoms with Crippen LogP contribution in [-0.2, 0) is 6.42 Å². The lowest BCUT2D eigenvalue weighted by atomic mass is 9.99. The van der Waals surface area contributed by atoms with Gasteiger partial charge in [-0.1, -0.05) is 13.0 Å². The predicted molar refractivity (Wildman–Crippen MR) is 72.3 cm³/mol. The number of benzene rings is 1. The Labute approximate surface area is 112 Å². The van der Waals surface area contributed by atoms with Crippen molar-refractivity contribution < 1.29 is 4.39 Å². The van der Waals surface area contributed by atoms with E-state index in [0.29, 0.717) is 6.42 Å². The molecular formula is C14H19FN4. The van der Waals surface area contributed by atoms with E-state index in [1.165, 1.54) is 6.07 Å². The van der Waals surface area contributed by atoms with Crippen molar-refractivity contribution in [3.8, 4) is 0 Å². The van der Waals surface area contributed by atoms with Gasteiger partial charge in [0, 0.05) is 0 Å². The summed E-state index contributed by atoms with van der Waals surface area (Å²) < 4.78 is 13.3. The van der Waals surface area contributed by atoms with Gasteiger partial charge in [0.1, 0.15) is 5.82 Å². The van der Waals surface area contributed by atoms with E-state index < -0.39 is 0 Å². The summed E-state index contributed by atoms with van der Waals surface area (Å²) in [4.78, 5) is 0. The predicted octanol–water partition coefficient (Wildman–Crippen LogP) is 2.54. The molecule has 0 aliphatic heterocycles. The molecule has 2 rings (SSSR count). The lowest BCUT2D eigenvalue weighted by molar-refractivity contribution is 0.514. The van der Waals surface area contributed by atoms with Crippen LogP contribution in [0.5, 0.6) is 0 Å². The van der Waals surface area contributed by atoms with Crippen LogP contribution >= 0.6 is 0 Å². The van der Waals surface area contributed by atoms with Gasteiger partial charge < -0.3 is 5.32 Å². The molecule has 0 spiro atoms. The Morgan fingerprint density at radius 1 is 1.42 bits per heavy atom. The van der Waals surface area contributed by atoms with Crippen molar-refractivity contribution >= 4 is 0 Å². The minimum atomic E-state index is -0.199. The first-order chi connectivity index (χ1) is 9.20. The van der Waals surface area contributed by atoms with Crippen LogP contribution in [0, 0.1) is 12.7 Å². The van der Waals surface area contributed by atoms with E-state index in [4.69, 9.17) is 0 Å². The fraction of sp³-hybridized carbons (Fsp3) is 0.429. The first kappa shape index (κ1) is 13.7. The molecule has 2 N–H and O–H groups in total. The molecule has 1 aromatic heterocycles. The molecule has 0 saturated carbocycles. The Kier molecular flexibility index (Phi) is 4.63. The molecule has 5 heteroatoms. The minimum absolute atomic E-state index is 0.0548. The number of hydrogen-bond acceptors (Lipinski definition) is 3. The second-order valence-corrected chi connectivity index (χ2v) is 4.68. The maximum atomic E-state index is 13.3. The zero-order valence-electron chi connectivity index (χ0n) is 11.3. The highest BCUT2D eigenvalue weighted by Crippen LogP contribution is 2.19. The van der Waals surface area contributed by atoms with Crippen LogP contribution < -0.4 is 5.32 Å². The van der Waals surface area contributed by atoms with Gasteiger partial charge in [-0.2, -0.15) is 15.4 Å². The molecule has 1 aromatic carbocycles. The van der Waals surface area contributed by atoms with Crippen molar-refractivity contribution in [3.63, 3.8) is 0 Å². The average Bonchev–Trinajstić information content (AvgIpc) is 2.92. The van der Waals surface area contributed by atoms with Crippen LogP contribution in [-0.4, -0.2) is 22.0 Å². The van der Waals surface area contributed by atoms with Crippen LogP contribution in [0.4, 0.5) is 4.39 Å². The molecule has 0 aliphatic rings. The molecule has 1 heterocycles. The van der Waals surface area contributed by atoms with Gasteiger partial charge in [0.25, 0.3) is 0 Å². The monoisotopic (exact) mass is 262 g/mol. The third-order valence-electron chi connectivity index (χ3n) is 3.17. The van der Waals surface area contributed by atoms with Crippen molar-refractivity contribution in [1.29, 1.82) is 0 Å². The van der Waals surface area contributed by atoms with E-state index in [2.05, 4.69) is 27.7 Å². The Hall–Kier alpha value is -1.75. The number of nitrogens with zero attached hydrogens (tertiary/aromatic N) is 2. The molecule has 0 aliphatic carbocycles. The van der Waals surface area contributed by atoms with E-state index in [0.717, 1.165) is 29.8 Å². The lowest BCUT2D eigenvalue weighted by Crippen LogP contribution is -2.24. The fourth-order valence-electron chi connectivity index (χ4n) is 2.06. The maximum absolute atomic E-state index is 13.3. The first-order valence-corrected chi connectivity index (χ1v) is 6.54. The van der Waals surface area contributed by atoms with Crippen LogP contribution in [0.3, 0.4) is 0 Å². The molecule has 0 radical (unpaired) electrons. The summed E-state index contributed by atoms with van der Waals surface area (Å²) in [5.74, 6) is -0.199. The average molecular weight is 262 g/mol. The maximum Gasteiger partial charge on any atom is 0.123 e. The Morgan fingerprint density at radius 2 is 2.26 bits per heavy atom. The normalized spacial score (nSPS) is 12.6. The number of aromatic amines is 1. The van der Waals surface area contributed by atoms with Gasteiger partial charge in [0.2, 0.25) is 0 Å². The van der Waals surface area contributed by atoms with E-state index in [-0.39, 0.29) is 11.9 Å². The summed E-state index contributed by atoms with van der Waals surface area (Å²) in [5, 5.41) is 14.0. The van der Waals surface area contributed by atoms with Gasteiger partial charge in [-0.05, 0) is 49.6 Å². The second-order valence-electron chi connectivity index (χ2n) is 4.68. The van der Waals surface area contributed by atoms with E-state index >= 15 is 0 Å². The summed E-state index contributed by atoms with van der Waals surface area (Å²) in [5.41, 5.74) is 2.95. The number of aryl methyl sites for hydroxylation is 1. The van der Waals surface area contributed by atoms with Crippen molar-refractivity contribution in [1.82, 2.24) is 20.7 Å². The SMILES string of the molecule is CCCNC(Cc1cc(F)ccc1C)c1cn[nH]n1. The minimum Gasteiger partial charge on any atom is -0.308 e. The Balaban J connectivity index is 2.17. The molecule has 4 nitrogen and oxygen atoms in total. The highest BCUT2D eigenvalue weighted by Gasteiger charge is 2.15. The zero-order chi connectivity index (χ0) is 13.7.